The summed E-state index contributed by atoms with van der Waals surface area (Å²) in [4.78, 5) is 17.0. The largest absolute Gasteiger partial charge is 0.321 e. The molecule has 6 nitrogen and oxygen atoms in total. The van der Waals surface area contributed by atoms with Crippen molar-refractivity contribution < 1.29 is 8.78 Å². The molecular weight excluding hydrogens is 304 g/mol. The molecule has 1 unspecified atom stereocenters. The summed E-state index contributed by atoms with van der Waals surface area (Å²) < 4.78 is 28.8. The summed E-state index contributed by atoms with van der Waals surface area (Å²) >= 11 is 0. The Hall–Kier alpha value is -2.61. The fourth-order valence-electron chi connectivity index (χ4n) is 2.73. The van der Waals surface area contributed by atoms with Crippen LogP contribution in [0.3, 0.4) is 0 Å². The smallest absolute Gasteiger partial charge is 0.267 e. The Morgan fingerprint density at radius 2 is 2.13 bits per heavy atom. The van der Waals surface area contributed by atoms with E-state index in [1.54, 1.807) is 6.07 Å². The van der Waals surface area contributed by atoms with Crippen LogP contribution in [0.4, 0.5) is 8.78 Å². The maximum absolute atomic E-state index is 14.0. The molecule has 0 radical (unpaired) electrons. The Morgan fingerprint density at radius 1 is 1.35 bits per heavy atom. The Morgan fingerprint density at radius 3 is 2.78 bits per heavy atom. The molecule has 1 fully saturated rings. The minimum absolute atomic E-state index is 0.135. The van der Waals surface area contributed by atoms with Gasteiger partial charge in [-0.25, -0.2) is 18.3 Å². The van der Waals surface area contributed by atoms with Crippen molar-refractivity contribution in [3.63, 3.8) is 0 Å². The summed E-state index contributed by atoms with van der Waals surface area (Å²) in [6, 6.07) is 2.77. The second-order valence-corrected chi connectivity index (χ2v) is 5.70. The number of benzene rings is 1. The van der Waals surface area contributed by atoms with E-state index in [-0.39, 0.29) is 22.6 Å². The van der Waals surface area contributed by atoms with Gasteiger partial charge in [0.1, 0.15) is 23.0 Å². The Balaban J connectivity index is 2.09. The topological polar surface area (TPSA) is 89.6 Å². The van der Waals surface area contributed by atoms with E-state index >= 15 is 0 Å². The van der Waals surface area contributed by atoms with Crippen LogP contribution in [0.2, 0.25) is 0 Å². The molecule has 1 atom stereocenters. The Labute approximate surface area is 129 Å². The number of halogens is 2. The fraction of sp³-hybridized carbons (Fsp3) is 0.267. The van der Waals surface area contributed by atoms with Crippen molar-refractivity contribution in [2.24, 2.45) is 11.7 Å². The monoisotopic (exact) mass is 317 g/mol. The standard InChI is InChI=1S/C15H13F2N5O/c16-8-5-9-13(10(17)6-8)20-14(12(18)7-1-2-7)22(15(9)23)11-3-4-19-21-11/h3-7,12H,1-2,18H2,(H,19,21). The van der Waals surface area contributed by atoms with Gasteiger partial charge in [-0.2, -0.15) is 5.10 Å². The number of aromatic amines is 1. The number of aromatic nitrogens is 4. The lowest BCUT2D eigenvalue weighted by Crippen LogP contribution is -2.30. The van der Waals surface area contributed by atoms with E-state index in [0.717, 1.165) is 18.9 Å². The molecule has 23 heavy (non-hydrogen) atoms. The molecule has 0 bridgehead atoms. The normalized spacial score (nSPS) is 16.0. The van der Waals surface area contributed by atoms with Crippen LogP contribution in [0.25, 0.3) is 16.7 Å². The average Bonchev–Trinajstić information content (AvgIpc) is 3.23. The highest BCUT2D eigenvalue weighted by atomic mass is 19.1. The van der Waals surface area contributed by atoms with Gasteiger partial charge in [0.15, 0.2) is 5.82 Å². The van der Waals surface area contributed by atoms with E-state index in [9.17, 15) is 13.6 Å². The van der Waals surface area contributed by atoms with Crippen LogP contribution in [-0.2, 0) is 0 Å². The molecule has 2 aromatic heterocycles. The quantitative estimate of drug-likeness (QED) is 0.771. The third-order valence-corrected chi connectivity index (χ3v) is 4.07. The zero-order valence-electron chi connectivity index (χ0n) is 12.0. The molecule has 1 aliphatic carbocycles. The van der Waals surface area contributed by atoms with Crippen molar-refractivity contribution >= 4 is 10.9 Å². The number of nitrogens with one attached hydrogen (secondary N) is 1. The second-order valence-electron chi connectivity index (χ2n) is 5.70. The van der Waals surface area contributed by atoms with Crippen molar-refractivity contribution in [3.8, 4) is 5.82 Å². The highest BCUT2D eigenvalue weighted by Gasteiger charge is 2.33. The molecule has 3 aromatic rings. The van der Waals surface area contributed by atoms with Gasteiger partial charge in [0.25, 0.3) is 5.56 Å². The molecule has 0 spiro atoms. The van der Waals surface area contributed by atoms with Gasteiger partial charge >= 0.3 is 0 Å². The van der Waals surface area contributed by atoms with Gasteiger partial charge in [0.05, 0.1) is 17.6 Å². The number of nitrogens with two attached hydrogens (primary N) is 1. The summed E-state index contributed by atoms with van der Waals surface area (Å²) in [6.07, 6.45) is 3.35. The molecule has 3 N–H and O–H groups in total. The van der Waals surface area contributed by atoms with Crippen LogP contribution in [-0.4, -0.2) is 19.7 Å². The maximum atomic E-state index is 14.0. The van der Waals surface area contributed by atoms with Gasteiger partial charge in [-0.3, -0.25) is 9.89 Å². The van der Waals surface area contributed by atoms with Crippen LogP contribution in [0.15, 0.2) is 29.2 Å². The van der Waals surface area contributed by atoms with E-state index < -0.39 is 23.2 Å². The lowest BCUT2D eigenvalue weighted by atomic mass is 10.1. The maximum Gasteiger partial charge on any atom is 0.267 e. The number of rotatable bonds is 3. The van der Waals surface area contributed by atoms with Gasteiger partial charge in [0, 0.05) is 12.1 Å². The highest BCUT2D eigenvalue weighted by Crippen LogP contribution is 2.39. The summed E-state index contributed by atoms with van der Waals surface area (Å²) in [6.45, 7) is 0. The van der Waals surface area contributed by atoms with Crippen LogP contribution in [0.1, 0.15) is 24.7 Å². The highest BCUT2D eigenvalue weighted by molar-refractivity contribution is 5.78. The zero-order valence-corrected chi connectivity index (χ0v) is 12.0. The van der Waals surface area contributed by atoms with Crippen LogP contribution in [0.5, 0.6) is 0 Å². The number of fused-ring (bicyclic) bond motifs is 1. The molecule has 0 aliphatic heterocycles. The number of hydrogen-bond acceptors (Lipinski definition) is 4. The molecule has 0 amide bonds. The van der Waals surface area contributed by atoms with E-state index in [2.05, 4.69) is 15.2 Å². The first-order valence-corrected chi connectivity index (χ1v) is 7.23. The molecule has 2 heterocycles. The van der Waals surface area contributed by atoms with E-state index in [4.69, 9.17) is 5.73 Å². The first-order chi connectivity index (χ1) is 11.1. The second kappa shape index (κ2) is 4.95. The Bertz CT molecular complexity index is 947. The minimum atomic E-state index is -0.877. The summed E-state index contributed by atoms with van der Waals surface area (Å²) in [5.74, 6) is -0.889. The van der Waals surface area contributed by atoms with Crippen LogP contribution in [0, 0.1) is 17.6 Å². The first kappa shape index (κ1) is 14.0. The average molecular weight is 317 g/mol. The lowest BCUT2D eigenvalue weighted by molar-refractivity contribution is 0.563. The van der Waals surface area contributed by atoms with E-state index in [1.165, 1.54) is 10.8 Å². The van der Waals surface area contributed by atoms with E-state index in [0.29, 0.717) is 11.9 Å². The van der Waals surface area contributed by atoms with Gasteiger partial charge < -0.3 is 5.73 Å². The van der Waals surface area contributed by atoms with Gasteiger partial charge in [-0.1, -0.05) is 0 Å². The van der Waals surface area contributed by atoms with Crippen molar-refractivity contribution in [1.82, 2.24) is 19.7 Å². The zero-order chi connectivity index (χ0) is 16.1. The lowest BCUT2D eigenvalue weighted by Gasteiger charge is -2.17. The summed E-state index contributed by atoms with van der Waals surface area (Å²) in [5, 5.41) is 6.35. The van der Waals surface area contributed by atoms with Gasteiger partial charge in [-0.15, -0.1) is 0 Å². The number of hydrogen-bond donors (Lipinski definition) is 2. The fourth-order valence-corrected chi connectivity index (χ4v) is 2.73. The molecule has 1 saturated carbocycles. The Kier molecular flexibility index (Phi) is 3.02. The van der Waals surface area contributed by atoms with Gasteiger partial charge in [-0.05, 0) is 24.8 Å². The molecule has 4 rings (SSSR count). The van der Waals surface area contributed by atoms with Crippen molar-refractivity contribution in [3.05, 3.63) is 52.2 Å². The van der Waals surface area contributed by atoms with Gasteiger partial charge in [0.2, 0.25) is 0 Å². The third kappa shape index (κ3) is 2.22. The molecule has 8 heteroatoms. The van der Waals surface area contributed by atoms with E-state index in [1.807, 2.05) is 0 Å². The molecule has 0 saturated heterocycles. The third-order valence-electron chi connectivity index (χ3n) is 4.07. The number of nitrogens with zero attached hydrogens (tertiary/aromatic N) is 3. The molecule has 1 aromatic carbocycles. The SMILES string of the molecule is NC(c1nc2c(F)cc(F)cc2c(=O)n1-c1ccn[nH]1)C1CC1. The van der Waals surface area contributed by atoms with Crippen molar-refractivity contribution in [2.45, 2.75) is 18.9 Å². The van der Waals surface area contributed by atoms with Crippen LogP contribution < -0.4 is 11.3 Å². The first-order valence-electron chi connectivity index (χ1n) is 7.23. The predicted molar refractivity (Wildman–Crippen MR) is 79.1 cm³/mol. The minimum Gasteiger partial charge on any atom is -0.321 e. The van der Waals surface area contributed by atoms with Crippen molar-refractivity contribution in [1.29, 1.82) is 0 Å². The summed E-state index contributed by atoms with van der Waals surface area (Å²) in [5.41, 5.74) is 5.45. The molecule has 118 valence electrons. The van der Waals surface area contributed by atoms with Crippen molar-refractivity contribution in [2.75, 3.05) is 0 Å². The summed E-state index contributed by atoms with van der Waals surface area (Å²) in [7, 11) is 0. The van der Waals surface area contributed by atoms with Crippen LogP contribution >= 0.6 is 0 Å². The number of H-pyrrole nitrogens is 1. The predicted octanol–water partition coefficient (Wildman–Crippen LogP) is 1.80. The molecule has 1 aliphatic rings. The molecular formula is C15H13F2N5O.